The largest absolute Gasteiger partial charge is 0.355 e. The van der Waals surface area contributed by atoms with Crippen LogP contribution in [0, 0.1) is 12.8 Å². The van der Waals surface area contributed by atoms with E-state index in [-0.39, 0.29) is 11.8 Å². The number of halogens is 1. The van der Waals surface area contributed by atoms with Crippen molar-refractivity contribution < 1.29 is 4.79 Å². The highest BCUT2D eigenvalue weighted by molar-refractivity contribution is 7.15. The lowest BCUT2D eigenvalue weighted by atomic mass is 9.96. The number of anilines is 2. The van der Waals surface area contributed by atoms with Crippen molar-refractivity contribution in [3.8, 4) is 0 Å². The number of fused-ring (bicyclic) bond motifs is 1. The Morgan fingerprint density at radius 3 is 2.91 bits per heavy atom. The summed E-state index contributed by atoms with van der Waals surface area (Å²) in [5.41, 5.74) is 2.80. The highest BCUT2D eigenvalue weighted by Gasteiger charge is 2.26. The molecular formula is C21H21ClN8OS. The molecule has 0 radical (unpaired) electrons. The molecule has 32 heavy (non-hydrogen) atoms. The van der Waals surface area contributed by atoms with Gasteiger partial charge in [-0.15, -0.1) is 26.2 Å². The third kappa shape index (κ3) is 4.42. The number of aryl methyl sites for hydroxylation is 1. The van der Waals surface area contributed by atoms with Gasteiger partial charge < -0.3 is 10.2 Å². The number of nitrogens with zero attached hydrogens (tertiary/aromatic N) is 7. The average molecular weight is 469 g/mol. The summed E-state index contributed by atoms with van der Waals surface area (Å²) in [5, 5.41) is 20.1. The van der Waals surface area contributed by atoms with E-state index in [1.165, 1.54) is 16.0 Å². The maximum Gasteiger partial charge on any atom is 0.229 e. The summed E-state index contributed by atoms with van der Waals surface area (Å²) in [5.74, 6) is 0.781. The van der Waals surface area contributed by atoms with Crippen molar-refractivity contribution in [2.75, 3.05) is 23.3 Å². The zero-order chi connectivity index (χ0) is 22.1. The maximum absolute atomic E-state index is 12.8. The Morgan fingerprint density at radius 1 is 1.25 bits per heavy atom. The number of hydrogen-bond acceptors (Lipinski definition) is 8. The fraction of sp³-hybridized carbons (Fsp3) is 0.333. The second-order valence-electron chi connectivity index (χ2n) is 7.86. The van der Waals surface area contributed by atoms with Crippen molar-refractivity contribution in [2.45, 2.75) is 26.2 Å². The van der Waals surface area contributed by atoms with Crippen molar-refractivity contribution in [1.82, 2.24) is 30.2 Å². The maximum atomic E-state index is 12.8. The van der Waals surface area contributed by atoms with Crippen LogP contribution in [0.2, 0.25) is 5.02 Å². The number of nitrogens with one attached hydrogen (secondary N) is 1. The van der Waals surface area contributed by atoms with Crippen LogP contribution >= 0.6 is 22.9 Å². The van der Waals surface area contributed by atoms with Gasteiger partial charge >= 0.3 is 0 Å². The Balaban J connectivity index is 1.16. The molecule has 0 aliphatic carbocycles. The van der Waals surface area contributed by atoms with Crippen molar-refractivity contribution in [3.63, 3.8) is 0 Å². The summed E-state index contributed by atoms with van der Waals surface area (Å²) in [4.78, 5) is 20.4. The predicted molar refractivity (Wildman–Crippen MR) is 123 cm³/mol. The van der Waals surface area contributed by atoms with Gasteiger partial charge in [-0.3, -0.25) is 4.79 Å². The number of thiazole rings is 1. The summed E-state index contributed by atoms with van der Waals surface area (Å²) >= 11 is 7.72. The van der Waals surface area contributed by atoms with Crippen LogP contribution in [0.5, 0.6) is 0 Å². The van der Waals surface area contributed by atoms with Gasteiger partial charge in [0.15, 0.2) is 16.6 Å². The molecule has 9 nitrogen and oxygen atoms in total. The number of tetrazole rings is 1. The van der Waals surface area contributed by atoms with Crippen LogP contribution in [-0.4, -0.2) is 49.2 Å². The van der Waals surface area contributed by atoms with Gasteiger partial charge in [-0.1, -0.05) is 23.7 Å². The van der Waals surface area contributed by atoms with Crippen molar-refractivity contribution in [3.05, 3.63) is 57.6 Å². The van der Waals surface area contributed by atoms with Gasteiger partial charge in [0.2, 0.25) is 5.91 Å². The SMILES string of the molecule is Cc1ccc(Cc2cnc(NC(=O)C3CCN(c4ccc5nnnn5n4)CC3)s2)cc1Cl. The topological polar surface area (TPSA) is 101 Å². The molecule has 1 aromatic carbocycles. The Morgan fingerprint density at radius 2 is 2.09 bits per heavy atom. The first-order chi connectivity index (χ1) is 15.5. The van der Waals surface area contributed by atoms with Crippen LogP contribution in [0.15, 0.2) is 36.5 Å². The van der Waals surface area contributed by atoms with E-state index in [1.54, 1.807) is 0 Å². The molecule has 0 spiro atoms. The summed E-state index contributed by atoms with van der Waals surface area (Å²) in [6.45, 7) is 3.48. The molecule has 1 amide bonds. The zero-order valence-corrected chi connectivity index (χ0v) is 19.0. The van der Waals surface area contributed by atoms with Gasteiger partial charge in [-0.05, 0) is 59.5 Å². The standard InChI is InChI=1S/C21H21ClN8OS/c1-13-2-3-14(11-17(13)22)10-16-12-23-21(32-16)24-20(31)15-6-8-29(9-7-15)19-5-4-18-25-27-28-30(18)26-19/h2-5,11-12,15H,6-10H2,1H3,(H,23,24,31). The first kappa shape index (κ1) is 20.8. The van der Waals surface area contributed by atoms with Gasteiger partial charge in [0, 0.05) is 41.5 Å². The van der Waals surface area contributed by atoms with Gasteiger partial charge in [0.1, 0.15) is 0 Å². The number of piperidine rings is 1. The van der Waals surface area contributed by atoms with E-state index in [0.29, 0.717) is 10.8 Å². The highest BCUT2D eigenvalue weighted by atomic mass is 35.5. The van der Waals surface area contributed by atoms with Crippen molar-refractivity contribution >= 4 is 45.4 Å². The quantitative estimate of drug-likeness (QED) is 0.479. The Hall–Kier alpha value is -3.11. The number of hydrogen-bond donors (Lipinski definition) is 1. The van der Waals surface area contributed by atoms with E-state index < -0.39 is 0 Å². The van der Waals surface area contributed by atoms with E-state index in [0.717, 1.165) is 59.2 Å². The molecule has 5 rings (SSSR count). The summed E-state index contributed by atoms with van der Waals surface area (Å²) in [6, 6.07) is 9.81. The third-order valence-corrected chi connectivity index (χ3v) is 6.96. The molecule has 0 saturated carbocycles. The fourth-order valence-electron chi connectivity index (χ4n) is 3.78. The Kier molecular flexibility index (Phi) is 5.71. The minimum atomic E-state index is -0.0497. The second kappa shape index (κ2) is 8.79. The molecule has 1 aliphatic heterocycles. The lowest BCUT2D eigenvalue weighted by Crippen LogP contribution is -2.38. The summed E-state index contributed by atoms with van der Waals surface area (Å²) < 4.78 is 1.42. The smallest absolute Gasteiger partial charge is 0.229 e. The summed E-state index contributed by atoms with van der Waals surface area (Å²) in [7, 11) is 0. The molecule has 1 aliphatic rings. The van der Waals surface area contributed by atoms with Gasteiger partial charge in [-0.2, -0.15) is 0 Å². The van der Waals surface area contributed by atoms with E-state index >= 15 is 0 Å². The van der Waals surface area contributed by atoms with Gasteiger partial charge in [-0.25, -0.2) is 4.98 Å². The molecule has 4 heterocycles. The molecule has 3 aromatic heterocycles. The van der Waals surface area contributed by atoms with Gasteiger partial charge in [0.25, 0.3) is 0 Å². The van der Waals surface area contributed by atoms with E-state index in [2.05, 4.69) is 41.9 Å². The van der Waals surface area contributed by atoms with E-state index in [9.17, 15) is 4.79 Å². The predicted octanol–water partition coefficient (Wildman–Crippen LogP) is 3.38. The zero-order valence-electron chi connectivity index (χ0n) is 17.4. The minimum absolute atomic E-state index is 0.0211. The van der Waals surface area contributed by atoms with Crippen LogP contribution in [0.3, 0.4) is 0 Å². The molecule has 0 atom stereocenters. The molecule has 4 aromatic rings. The average Bonchev–Trinajstić information content (AvgIpc) is 3.45. The molecular weight excluding hydrogens is 448 g/mol. The number of carbonyl (C=O) groups is 1. The Labute approximate surface area is 193 Å². The van der Waals surface area contributed by atoms with E-state index in [4.69, 9.17) is 11.6 Å². The van der Waals surface area contributed by atoms with Crippen molar-refractivity contribution in [2.24, 2.45) is 5.92 Å². The lowest BCUT2D eigenvalue weighted by Gasteiger charge is -2.31. The fourth-order valence-corrected chi connectivity index (χ4v) is 4.83. The number of carbonyl (C=O) groups excluding carboxylic acids is 1. The normalized spacial score (nSPS) is 14.8. The molecule has 11 heteroatoms. The number of aromatic nitrogens is 6. The van der Waals surface area contributed by atoms with E-state index in [1.807, 2.05) is 37.4 Å². The van der Waals surface area contributed by atoms with Gasteiger partial charge in [0.05, 0.1) is 0 Å². The molecule has 0 unspecified atom stereocenters. The van der Waals surface area contributed by atoms with Crippen LogP contribution < -0.4 is 10.2 Å². The monoisotopic (exact) mass is 468 g/mol. The van der Waals surface area contributed by atoms with Crippen LogP contribution in [0.1, 0.15) is 28.8 Å². The number of benzene rings is 1. The second-order valence-corrected chi connectivity index (χ2v) is 9.38. The number of amides is 1. The molecule has 164 valence electrons. The molecule has 0 bridgehead atoms. The number of rotatable bonds is 5. The molecule has 1 N–H and O–H groups in total. The van der Waals surface area contributed by atoms with Crippen LogP contribution in [0.4, 0.5) is 10.9 Å². The molecule has 1 saturated heterocycles. The Bertz CT molecular complexity index is 1260. The first-order valence-corrected chi connectivity index (χ1v) is 11.6. The first-order valence-electron chi connectivity index (χ1n) is 10.4. The van der Waals surface area contributed by atoms with Crippen molar-refractivity contribution in [1.29, 1.82) is 0 Å². The van der Waals surface area contributed by atoms with Crippen LogP contribution in [-0.2, 0) is 11.2 Å². The molecule has 1 fully saturated rings. The third-order valence-electron chi connectivity index (χ3n) is 5.64. The van der Waals surface area contributed by atoms with Crippen LogP contribution in [0.25, 0.3) is 5.65 Å². The highest BCUT2D eigenvalue weighted by Crippen LogP contribution is 2.26. The minimum Gasteiger partial charge on any atom is -0.355 e. The summed E-state index contributed by atoms with van der Waals surface area (Å²) in [6.07, 6.45) is 4.06. The lowest BCUT2D eigenvalue weighted by molar-refractivity contribution is -0.120.